The van der Waals surface area contributed by atoms with Crippen LogP contribution in [0.1, 0.15) is 46.0 Å². The highest BCUT2D eigenvalue weighted by atomic mass is 16.4. The fourth-order valence-electron chi connectivity index (χ4n) is 2.19. The summed E-state index contributed by atoms with van der Waals surface area (Å²) < 4.78 is 0. The maximum absolute atomic E-state index is 12.2. The van der Waals surface area contributed by atoms with Crippen LogP contribution in [0.25, 0.3) is 0 Å². The molecule has 0 saturated carbocycles. The van der Waals surface area contributed by atoms with Gasteiger partial charge in [0.1, 0.15) is 0 Å². The average molecular weight is 296 g/mol. The molecule has 4 nitrogen and oxygen atoms in total. The zero-order chi connectivity index (χ0) is 15.9. The van der Waals surface area contributed by atoms with Gasteiger partial charge in [-0.3, -0.25) is 4.79 Å². The van der Waals surface area contributed by atoms with Crippen molar-refractivity contribution in [1.29, 1.82) is 0 Å². The zero-order valence-corrected chi connectivity index (χ0v) is 12.5. The van der Waals surface area contributed by atoms with E-state index < -0.39 is 11.9 Å². The summed E-state index contributed by atoms with van der Waals surface area (Å²) in [5, 5.41) is 13.7. The number of hydrogen-bond donors (Lipinski definition) is 1. The van der Waals surface area contributed by atoms with Crippen LogP contribution in [-0.4, -0.2) is 11.9 Å². The Bertz CT molecular complexity index is 662. The third-order valence-corrected chi connectivity index (χ3v) is 3.42. The second-order valence-corrected chi connectivity index (χ2v) is 5.09. The molecule has 2 aromatic carbocycles. The van der Waals surface area contributed by atoms with Crippen molar-refractivity contribution in [3.63, 3.8) is 0 Å². The molecular weight excluding hydrogens is 278 g/mol. The number of rotatable bonds is 6. The molecule has 0 aliphatic rings. The molecule has 0 atom stereocenters. The second kappa shape index (κ2) is 7.41. The normalized spacial score (nSPS) is 10.2. The molecule has 0 saturated heterocycles. The number of amides is 1. The number of carbonyl (C=O) groups excluding carboxylic acids is 2. The third-order valence-electron chi connectivity index (χ3n) is 3.42. The predicted octanol–water partition coefficient (Wildman–Crippen LogP) is 2.65. The number of carboxylic acid groups (broad SMARTS) is 1. The summed E-state index contributed by atoms with van der Waals surface area (Å²) in [4.78, 5) is 23.2. The van der Waals surface area contributed by atoms with Gasteiger partial charge < -0.3 is 15.2 Å². The molecule has 0 heterocycles. The monoisotopic (exact) mass is 296 g/mol. The average Bonchev–Trinajstić information content (AvgIpc) is 2.54. The fourth-order valence-corrected chi connectivity index (χ4v) is 2.19. The molecule has 114 valence electrons. The van der Waals surface area contributed by atoms with Crippen LogP contribution in [0.2, 0.25) is 0 Å². The van der Waals surface area contributed by atoms with Gasteiger partial charge in [-0.1, -0.05) is 43.7 Å². The quantitative estimate of drug-likeness (QED) is 0.891. The van der Waals surface area contributed by atoms with Crippen LogP contribution in [0, 0.1) is 0 Å². The molecule has 0 fully saturated rings. The van der Waals surface area contributed by atoms with Gasteiger partial charge in [-0.15, -0.1) is 0 Å². The summed E-state index contributed by atoms with van der Waals surface area (Å²) >= 11 is 0. The fraction of sp³-hybridized carbons (Fsp3) is 0.222. The Balaban J connectivity index is 2.10. The van der Waals surface area contributed by atoms with E-state index in [0.717, 1.165) is 19.3 Å². The van der Waals surface area contributed by atoms with E-state index in [2.05, 4.69) is 12.2 Å². The lowest BCUT2D eigenvalue weighted by Gasteiger charge is -2.11. The van der Waals surface area contributed by atoms with Gasteiger partial charge in [0, 0.05) is 16.8 Å². The maximum atomic E-state index is 12.2. The molecular formula is C18H18NO3-. The summed E-state index contributed by atoms with van der Waals surface area (Å²) in [7, 11) is 0. The van der Waals surface area contributed by atoms with Crippen LogP contribution in [0.15, 0.2) is 48.5 Å². The highest BCUT2D eigenvalue weighted by molar-refractivity contribution is 6.10. The van der Waals surface area contributed by atoms with Gasteiger partial charge in [-0.2, -0.15) is 0 Å². The maximum Gasteiger partial charge on any atom is 0.256 e. The topological polar surface area (TPSA) is 69.2 Å². The Morgan fingerprint density at radius 3 is 2.23 bits per heavy atom. The van der Waals surface area contributed by atoms with Crippen molar-refractivity contribution in [3.05, 3.63) is 65.2 Å². The van der Waals surface area contributed by atoms with Gasteiger partial charge in [0.2, 0.25) is 0 Å². The van der Waals surface area contributed by atoms with Crippen molar-refractivity contribution < 1.29 is 14.7 Å². The molecule has 1 amide bonds. The summed E-state index contributed by atoms with van der Waals surface area (Å²) in [6.45, 7) is 2.14. The standard InChI is InChI=1S/C18H19NO3/c1-2-3-6-13-9-11-14(12-10-13)19-17(20)15-7-4-5-8-16(15)18(21)22/h4-5,7-12H,2-3,6H2,1H3,(H,19,20)(H,21,22)/p-1. The molecule has 0 aliphatic carbocycles. The highest BCUT2D eigenvalue weighted by Crippen LogP contribution is 2.15. The number of anilines is 1. The minimum atomic E-state index is -1.36. The Labute approximate surface area is 129 Å². The van der Waals surface area contributed by atoms with Crippen LogP contribution in [0.4, 0.5) is 5.69 Å². The van der Waals surface area contributed by atoms with Crippen molar-refractivity contribution in [2.75, 3.05) is 5.32 Å². The molecule has 0 aromatic heterocycles. The molecule has 2 aromatic rings. The summed E-state index contributed by atoms with van der Waals surface area (Å²) in [6.07, 6.45) is 3.28. The number of carbonyl (C=O) groups is 2. The van der Waals surface area contributed by atoms with E-state index in [9.17, 15) is 14.7 Å². The minimum Gasteiger partial charge on any atom is -0.545 e. The number of nitrogens with one attached hydrogen (secondary N) is 1. The van der Waals surface area contributed by atoms with Crippen molar-refractivity contribution in [3.8, 4) is 0 Å². The van der Waals surface area contributed by atoms with Crippen molar-refractivity contribution in [1.82, 2.24) is 0 Å². The van der Waals surface area contributed by atoms with Gasteiger partial charge >= 0.3 is 0 Å². The van der Waals surface area contributed by atoms with Crippen molar-refractivity contribution in [2.45, 2.75) is 26.2 Å². The highest BCUT2D eigenvalue weighted by Gasteiger charge is 2.11. The number of aromatic carboxylic acids is 1. The summed E-state index contributed by atoms with van der Waals surface area (Å²) in [5.41, 5.74) is 1.84. The summed E-state index contributed by atoms with van der Waals surface area (Å²) in [5.74, 6) is -1.82. The number of aryl methyl sites for hydroxylation is 1. The van der Waals surface area contributed by atoms with Gasteiger partial charge in [0.25, 0.3) is 5.91 Å². The largest absolute Gasteiger partial charge is 0.545 e. The first-order valence-electron chi connectivity index (χ1n) is 7.32. The van der Waals surface area contributed by atoms with Gasteiger partial charge in [0.05, 0.1) is 5.97 Å². The molecule has 2 rings (SSSR count). The third kappa shape index (κ3) is 3.95. The SMILES string of the molecule is CCCCc1ccc(NC(=O)c2ccccc2C(=O)[O-])cc1. The lowest BCUT2D eigenvalue weighted by atomic mass is 10.1. The molecule has 4 heteroatoms. The van der Waals surface area contributed by atoms with E-state index in [-0.39, 0.29) is 11.1 Å². The number of carboxylic acids is 1. The van der Waals surface area contributed by atoms with Crippen LogP contribution in [0.5, 0.6) is 0 Å². The Morgan fingerprint density at radius 1 is 1.00 bits per heavy atom. The van der Waals surface area contributed by atoms with Crippen molar-refractivity contribution in [2.24, 2.45) is 0 Å². The minimum absolute atomic E-state index is 0.0950. The van der Waals surface area contributed by atoms with E-state index in [0.29, 0.717) is 5.69 Å². The smallest absolute Gasteiger partial charge is 0.256 e. The Kier molecular flexibility index (Phi) is 5.31. The lowest BCUT2D eigenvalue weighted by Crippen LogP contribution is -2.26. The number of benzene rings is 2. The Hall–Kier alpha value is -2.62. The molecule has 22 heavy (non-hydrogen) atoms. The first-order chi connectivity index (χ1) is 10.6. The van der Waals surface area contributed by atoms with E-state index in [1.807, 2.05) is 24.3 Å². The van der Waals surface area contributed by atoms with Gasteiger partial charge in [-0.25, -0.2) is 0 Å². The predicted molar refractivity (Wildman–Crippen MR) is 83.8 cm³/mol. The molecule has 1 N–H and O–H groups in total. The van der Waals surface area contributed by atoms with E-state index in [1.165, 1.54) is 17.7 Å². The molecule has 0 aliphatic heterocycles. The van der Waals surface area contributed by atoms with E-state index in [1.54, 1.807) is 12.1 Å². The number of hydrogen-bond acceptors (Lipinski definition) is 3. The Morgan fingerprint density at radius 2 is 1.64 bits per heavy atom. The first-order valence-corrected chi connectivity index (χ1v) is 7.32. The van der Waals surface area contributed by atoms with Crippen molar-refractivity contribution >= 4 is 17.6 Å². The molecule has 0 radical (unpaired) electrons. The van der Waals surface area contributed by atoms with Crippen LogP contribution in [-0.2, 0) is 6.42 Å². The van der Waals surface area contributed by atoms with Crippen LogP contribution < -0.4 is 10.4 Å². The van der Waals surface area contributed by atoms with Crippen LogP contribution >= 0.6 is 0 Å². The van der Waals surface area contributed by atoms with Crippen LogP contribution in [0.3, 0.4) is 0 Å². The van der Waals surface area contributed by atoms with Gasteiger partial charge in [0.15, 0.2) is 0 Å². The molecule has 0 spiro atoms. The van der Waals surface area contributed by atoms with Gasteiger partial charge in [-0.05, 0) is 36.6 Å². The van der Waals surface area contributed by atoms with E-state index >= 15 is 0 Å². The summed E-state index contributed by atoms with van der Waals surface area (Å²) in [6, 6.07) is 13.6. The lowest BCUT2D eigenvalue weighted by molar-refractivity contribution is -0.255. The zero-order valence-electron chi connectivity index (χ0n) is 12.5. The number of unbranched alkanes of at least 4 members (excludes halogenated alkanes) is 1. The second-order valence-electron chi connectivity index (χ2n) is 5.09. The molecule has 0 bridgehead atoms. The molecule has 0 unspecified atom stereocenters. The first kappa shape index (κ1) is 15.8. The van der Waals surface area contributed by atoms with E-state index in [4.69, 9.17) is 0 Å².